The largest absolute Gasteiger partial charge is 0.398 e. The van der Waals surface area contributed by atoms with Gasteiger partial charge in [-0.3, -0.25) is 0 Å². The summed E-state index contributed by atoms with van der Waals surface area (Å²) in [6, 6.07) is 6.75. The Morgan fingerprint density at radius 3 is 2.63 bits per heavy atom. The third kappa shape index (κ3) is 7.69. The van der Waals surface area contributed by atoms with Crippen molar-refractivity contribution in [2.24, 2.45) is 5.73 Å². The van der Waals surface area contributed by atoms with E-state index in [1.54, 1.807) is 18.3 Å². The fraction of sp³-hybridized carbons (Fsp3) is 0.304. The molecule has 0 aliphatic heterocycles. The van der Waals surface area contributed by atoms with Gasteiger partial charge in [0.25, 0.3) is 0 Å². The first-order valence-corrected chi connectivity index (χ1v) is 10.1. The lowest BCUT2D eigenvalue weighted by Gasteiger charge is -2.17. The zero-order valence-corrected chi connectivity index (χ0v) is 18.1. The number of aromatic nitrogens is 2. The highest BCUT2D eigenvalue weighted by molar-refractivity contribution is 5.64. The number of benzene rings is 1. The van der Waals surface area contributed by atoms with Crippen molar-refractivity contribution in [3.63, 3.8) is 0 Å². The van der Waals surface area contributed by atoms with Crippen LogP contribution in [0.25, 0.3) is 0 Å². The van der Waals surface area contributed by atoms with Crippen molar-refractivity contribution in [3.8, 4) is 0 Å². The van der Waals surface area contributed by atoms with E-state index in [2.05, 4.69) is 21.9 Å². The fourth-order valence-electron chi connectivity index (χ4n) is 2.68. The number of aliphatic hydroxyl groups excluding tert-OH is 1. The number of nitrogens with two attached hydrogens (primary N) is 3. The monoisotopic (exact) mass is 410 g/mol. The lowest BCUT2D eigenvalue weighted by Crippen LogP contribution is -2.14. The summed E-state index contributed by atoms with van der Waals surface area (Å²) < 4.78 is 0. The molecule has 0 spiro atoms. The lowest BCUT2D eigenvalue weighted by atomic mass is 9.97. The Bertz CT molecular complexity index is 876. The number of allylic oxidation sites excluding steroid dienone is 2. The third-order valence-corrected chi connectivity index (χ3v) is 4.18. The Morgan fingerprint density at radius 2 is 2.00 bits per heavy atom. The van der Waals surface area contributed by atoms with Crippen molar-refractivity contribution in [2.75, 3.05) is 23.4 Å². The van der Waals surface area contributed by atoms with Gasteiger partial charge in [0, 0.05) is 17.6 Å². The Morgan fingerprint density at radius 1 is 1.27 bits per heavy atom. The molecule has 162 valence electrons. The second-order valence-corrected chi connectivity index (χ2v) is 6.36. The molecule has 1 unspecified atom stereocenters. The van der Waals surface area contributed by atoms with Crippen LogP contribution in [0, 0.1) is 0 Å². The SMILES string of the molecule is C=C(/C=C\C/C(=C\CC)CO)C(N)c1cc(Nc2ccnc(N)n2)ccc1N.CC. The molecule has 2 aromatic rings. The van der Waals surface area contributed by atoms with E-state index < -0.39 is 6.04 Å². The van der Waals surface area contributed by atoms with Gasteiger partial charge in [-0.05, 0) is 53.8 Å². The summed E-state index contributed by atoms with van der Waals surface area (Å²) in [6.07, 6.45) is 8.95. The van der Waals surface area contributed by atoms with E-state index in [0.717, 1.165) is 28.8 Å². The van der Waals surface area contributed by atoms with E-state index in [-0.39, 0.29) is 12.6 Å². The van der Waals surface area contributed by atoms with Crippen molar-refractivity contribution in [1.29, 1.82) is 0 Å². The van der Waals surface area contributed by atoms with Crippen LogP contribution in [0.3, 0.4) is 0 Å². The fourth-order valence-corrected chi connectivity index (χ4v) is 2.68. The zero-order valence-electron chi connectivity index (χ0n) is 18.1. The minimum Gasteiger partial charge on any atom is -0.398 e. The van der Waals surface area contributed by atoms with Crippen LogP contribution in [0.5, 0.6) is 0 Å². The molecule has 0 saturated heterocycles. The molecule has 1 aromatic carbocycles. The van der Waals surface area contributed by atoms with Gasteiger partial charge >= 0.3 is 0 Å². The van der Waals surface area contributed by atoms with Gasteiger partial charge < -0.3 is 27.6 Å². The molecule has 0 amide bonds. The number of rotatable bonds is 9. The van der Waals surface area contributed by atoms with E-state index in [1.807, 2.05) is 51.1 Å². The summed E-state index contributed by atoms with van der Waals surface area (Å²) in [5.74, 6) is 0.769. The van der Waals surface area contributed by atoms with Crippen molar-refractivity contribution in [2.45, 2.75) is 39.7 Å². The highest BCUT2D eigenvalue weighted by Crippen LogP contribution is 2.28. The summed E-state index contributed by atoms with van der Waals surface area (Å²) >= 11 is 0. The number of hydrogen-bond donors (Lipinski definition) is 5. The third-order valence-electron chi connectivity index (χ3n) is 4.18. The molecule has 7 nitrogen and oxygen atoms in total. The molecule has 0 aliphatic rings. The average molecular weight is 411 g/mol. The normalized spacial score (nSPS) is 12.2. The van der Waals surface area contributed by atoms with Gasteiger partial charge in [0.1, 0.15) is 5.82 Å². The Balaban J connectivity index is 0.00000218. The second-order valence-electron chi connectivity index (χ2n) is 6.36. The molecule has 7 heteroatoms. The molecule has 1 aromatic heterocycles. The van der Waals surface area contributed by atoms with Gasteiger partial charge in [-0.1, -0.05) is 45.6 Å². The maximum absolute atomic E-state index is 9.33. The number of nitrogens with zero attached hydrogens (tertiary/aromatic N) is 2. The smallest absolute Gasteiger partial charge is 0.221 e. The van der Waals surface area contributed by atoms with Crippen LogP contribution in [-0.2, 0) is 0 Å². The van der Waals surface area contributed by atoms with E-state index in [1.165, 1.54) is 0 Å². The van der Waals surface area contributed by atoms with Crippen LogP contribution in [0.1, 0.15) is 45.2 Å². The van der Waals surface area contributed by atoms with Gasteiger partial charge in [-0.15, -0.1) is 0 Å². The molecule has 0 fully saturated rings. The maximum Gasteiger partial charge on any atom is 0.221 e. The Labute approximate surface area is 179 Å². The first-order valence-electron chi connectivity index (χ1n) is 10.1. The molecule has 8 N–H and O–H groups in total. The predicted molar refractivity (Wildman–Crippen MR) is 127 cm³/mol. The number of nitrogens with one attached hydrogen (secondary N) is 1. The Hall–Kier alpha value is -3.16. The number of nitrogen functional groups attached to an aromatic ring is 2. The molecule has 0 bridgehead atoms. The standard InChI is InChI=1S/C21H28N6O.C2H6/c1-3-5-15(13-28)7-4-6-14(2)20(23)17-12-16(8-9-18(17)22)26-19-10-11-25-21(24)27-19;1-2/h4-6,8-12,20,28H,2-3,7,13,22-23H2,1H3,(H3,24,25,26,27);1-2H3/b6-4-,15-5+;. The first kappa shape index (κ1) is 24.9. The second kappa shape index (κ2) is 13.1. The predicted octanol–water partition coefficient (Wildman–Crippen LogP) is 4.24. The van der Waals surface area contributed by atoms with Crippen LogP contribution in [0.15, 0.2) is 66.4 Å². The van der Waals surface area contributed by atoms with E-state index in [0.29, 0.717) is 17.9 Å². The van der Waals surface area contributed by atoms with Crippen molar-refractivity contribution >= 4 is 23.1 Å². The molecular formula is C23H34N6O. The number of anilines is 4. The summed E-state index contributed by atoms with van der Waals surface area (Å²) in [5, 5.41) is 12.5. The van der Waals surface area contributed by atoms with Gasteiger partial charge in [0.15, 0.2) is 0 Å². The summed E-state index contributed by atoms with van der Waals surface area (Å²) in [6.45, 7) is 10.1. The summed E-state index contributed by atoms with van der Waals surface area (Å²) in [7, 11) is 0. The van der Waals surface area contributed by atoms with Gasteiger partial charge in [-0.25, -0.2) is 4.98 Å². The number of aliphatic hydroxyl groups is 1. The quantitative estimate of drug-likeness (QED) is 0.237. The van der Waals surface area contributed by atoms with E-state index in [9.17, 15) is 5.11 Å². The molecule has 0 aliphatic carbocycles. The van der Waals surface area contributed by atoms with Gasteiger partial charge in [0.05, 0.1) is 12.6 Å². The van der Waals surface area contributed by atoms with Crippen LogP contribution < -0.4 is 22.5 Å². The average Bonchev–Trinajstić information content (AvgIpc) is 2.75. The number of hydrogen-bond acceptors (Lipinski definition) is 7. The summed E-state index contributed by atoms with van der Waals surface area (Å²) in [4.78, 5) is 7.99. The topological polar surface area (TPSA) is 136 Å². The Kier molecular flexibility index (Phi) is 10.9. The van der Waals surface area contributed by atoms with Crippen LogP contribution >= 0.6 is 0 Å². The van der Waals surface area contributed by atoms with Crippen LogP contribution in [-0.4, -0.2) is 21.7 Å². The molecule has 0 radical (unpaired) electrons. The van der Waals surface area contributed by atoms with Crippen molar-refractivity contribution in [1.82, 2.24) is 9.97 Å². The zero-order chi connectivity index (χ0) is 22.5. The van der Waals surface area contributed by atoms with Crippen LogP contribution in [0.4, 0.5) is 23.1 Å². The van der Waals surface area contributed by atoms with Gasteiger partial charge in [-0.2, -0.15) is 4.98 Å². The molecule has 1 atom stereocenters. The van der Waals surface area contributed by atoms with E-state index in [4.69, 9.17) is 17.2 Å². The lowest BCUT2D eigenvalue weighted by molar-refractivity contribution is 0.328. The maximum atomic E-state index is 9.33. The minimum absolute atomic E-state index is 0.0466. The summed E-state index contributed by atoms with van der Waals surface area (Å²) in [5.41, 5.74) is 21.9. The molecule has 1 heterocycles. The molecule has 2 rings (SSSR count). The molecule has 0 saturated carbocycles. The highest BCUT2D eigenvalue weighted by Gasteiger charge is 2.13. The van der Waals surface area contributed by atoms with Gasteiger partial charge in [0.2, 0.25) is 5.95 Å². The van der Waals surface area contributed by atoms with Crippen molar-refractivity contribution in [3.05, 3.63) is 72.0 Å². The van der Waals surface area contributed by atoms with Crippen LogP contribution in [0.2, 0.25) is 0 Å². The first-order chi connectivity index (χ1) is 14.4. The molecule has 30 heavy (non-hydrogen) atoms. The van der Waals surface area contributed by atoms with Crippen molar-refractivity contribution < 1.29 is 5.11 Å². The van der Waals surface area contributed by atoms with E-state index >= 15 is 0 Å². The highest BCUT2D eigenvalue weighted by atomic mass is 16.3. The minimum atomic E-state index is -0.457. The molecular weight excluding hydrogens is 376 g/mol.